The molecule has 2 aliphatic carbocycles. The topological polar surface area (TPSA) is 15.3 Å². The zero-order valence-corrected chi connectivity index (χ0v) is 12.8. The van der Waals surface area contributed by atoms with Gasteiger partial charge >= 0.3 is 0 Å². The van der Waals surface area contributed by atoms with Gasteiger partial charge in [0.05, 0.1) is 0 Å². The van der Waals surface area contributed by atoms with E-state index in [0.717, 1.165) is 17.9 Å². The van der Waals surface area contributed by atoms with Gasteiger partial charge in [0.2, 0.25) is 0 Å². The molecule has 2 aliphatic rings. The largest absolute Gasteiger partial charge is 0.312 e. The normalized spacial score (nSPS) is 36.2. The Morgan fingerprint density at radius 3 is 2.33 bits per heavy atom. The Balaban J connectivity index is 1.86. The van der Waals surface area contributed by atoms with Crippen LogP contribution < -0.4 is 5.32 Å². The van der Waals surface area contributed by atoms with Crippen LogP contribution in [0.15, 0.2) is 0 Å². The second kappa shape index (κ2) is 5.92. The van der Waals surface area contributed by atoms with E-state index in [1.165, 1.54) is 51.5 Å². The first-order chi connectivity index (χ1) is 8.53. The van der Waals surface area contributed by atoms with Crippen LogP contribution in [0.1, 0.15) is 58.8 Å². The van der Waals surface area contributed by atoms with Crippen LogP contribution >= 0.6 is 0 Å². The van der Waals surface area contributed by atoms with E-state index in [-0.39, 0.29) is 0 Å². The molecule has 2 heteroatoms. The van der Waals surface area contributed by atoms with Crippen LogP contribution in [0.3, 0.4) is 0 Å². The van der Waals surface area contributed by atoms with Gasteiger partial charge in [-0.15, -0.1) is 0 Å². The lowest BCUT2D eigenvalue weighted by atomic mass is 9.79. The third-order valence-corrected chi connectivity index (χ3v) is 5.61. The van der Waals surface area contributed by atoms with E-state index < -0.39 is 0 Å². The lowest BCUT2D eigenvalue weighted by Crippen LogP contribution is -2.53. The summed E-state index contributed by atoms with van der Waals surface area (Å²) in [5.41, 5.74) is 0.447. The second-order valence-electron chi connectivity index (χ2n) is 7.21. The molecule has 2 nitrogen and oxygen atoms in total. The SMILES string of the molecule is CC1CCC(NCC2(N(C)C)CCCC2)C(C)C1. The predicted molar refractivity (Wildman–Crippen MR) is 78.9 cm³/mol. The molecular weight excluding hydrogens is 220 g/mol. The highest BCUT2D eigenvalue weighted by atomic mass is 15.2. The first-order valence-electron chi connectivity index (χ1n) is 7.94. The first-order valence-corrected chi connectivity index (χ1v) is 7.94. The van der Waals surface area contributed by atoms with E-state index in [9.17, 15) is 0 Å². The molecule has 3 unspecified atom stereocenters. The molecule has 0 amide bonds. The fourth-order valence-corrected chi connectivity index (χ4v) is 4.10. The average molecular weight is 252 g/mol. The standard InChI is InChI=1S/C16H32N2/c1-13-7-8-15(14(2)11-13)17-12-16(18(3)4)9-5-6-10-16/h13-15,17H,5-12H2,1-4H3. The van der Waals surface area contributed by atoms with Crippen LogP contribution in [-0.4, -0.2) is 37.1 Å². The molecule has 106 valence electrons. The van der Waals surface area contributed by atoms with Gasteiger partial charge in [0.15, 0.2) is 0 Å². The minimum atomic E-state index is 0.447. The quantitative estimate of drug-likeness (QED) is 0.826. The number of hydrogen-bond acceptors (Lipinski definition) is 2. The Hall–Kier alpha value is -0.0800. The summed E-state index contributed by atoms with van der Waals surface area (Å²) in [7, 11) is 4.53. The summed E-state index contributed by atoms with van der Waals surface area (Å²) in [6.07, 6.45) is 9.79. The van der Waals surface area contributed by atoms with Crippen molar-refractivity contribution in [3.63, 3.8) is 0 Å². The lowest BCUT2D eigenvalue weighted by Gasteiger charge is -2.40. The third kappa shape index (κ3) is 3.08. The van der Waals surface area contributed by atoms with Gasteiger partial charge in [0.1, 0.15) is 0 Å². The molecule has 0 aromatic heterocycles. The maximum Gasteiger partial charge on any atom is 0.0327 e. The zero-order chi connectivity index (χ0) is 13.2. The van der Waals surface area contributed by atoms with Crippen LogP contribution in [0, 0.1) is 11.8 Å². The third-order valence-electron chi connectivity index (χ3n) is 5.61. The van der Waals surface area contributed by atoms with Crippen molar-refractivity contribution in [2.75, 3.05) is 20.6 Å². The highest BCUT2D eigenvalue weighted by molar-refractivity contribution is 4.96. The van der Waals surface area contributed by atoms with Crippen molar-refractivity contribution in [2.45, 2.75) is 70.4 Å². The minimum absolute atomic E-state index is 0.447. The Labute approximate surface area is 114 Å². The molecule has 0 aliphatic heterocycles. The van der Waals surface area contributed by atoms with E-state index in [0.29, 0.717) is 5.54 Å². The summed E-state index contributed by atoms with van der Waals surface area (Å²) >= 11 is 0. The molecular formula is C16H32N2. The molecule has 0 radical (unpaired) electrons. The van der Waals surface area contributed by atoms with E-state index >= 15 is 0 Å². The highest BCUT2D eigenvalue weighted by Crippen LogP contribution is 2.34. The fourth-order valence-electron chi connectivity index (χ4n) is 4.10. The molecule has 0 aromatic carbocycles. The summed E-state index contributed by atoms with van der Waals surface area (Å²) < 4.78 is 0. The van der Waals surface area contributed by atoms with Gasteiger partial charge in [0, 0.05) is 18.1 Å². The first kappa shape index (κ1) is 14.3. The summed E-state index contributed by atoms with van der Waals surface area (Å²) in [6.45, 7) is 6.04. The van der Waals surface area contributed by atoms with Gasteiger partial charge < -0.3 is 10.2 Å². The van der Waals surface area contributed by atoms with Gasteiger partial charge in [0.25, 0.3) is 0 Å². The lowest BCUT2D eigenvalue weighted by molar-refractivity contribution is 0.133. The molecule has 0 saturated heterocycles. The van der Waals surface area contributed by atoms with Gasteiger partial charge in [-0.05, 0) is 58.0 Å². The molecule has 2 rings (SSSR count). The Morgan fingerprint density at radius 2 is 1.78 bits per heavy atom. The van der Waals surface area contributed by atoms with Crippen molar-refractivity contribution in [3.8, 4) is 0 Å². The van der Waals surface area contributed by atoms with Gasteiger partial charge in [-0.3, -0.25) is 0 Å². The Kier molecular flexibility index (Phi) is 4.71. The van der Waals surface area contributed by atoms with Crippen molar-refractivity contribution < 1.29 is 0 Å². The summed E-state index contributed by atoms with van der Waals surface area (Å²) in [5.74, 6) is 1.79. The van der Waals surface area contributed by atoms with Crippen molar-refractivity contribution in [1.29, 1.82) is 0 Å². The molecule has 2 fully saturated rings. The van der Waals surface area contributed by atoms with Crippen LogP contribution in [-0.2, 0) is 0 Å². The molecule has 1 N–H and O–H groups in total. The van der Waals surface area contributed by atoms with Gasteiger partial charge in [-0.1, -0.05) is 26.7 Å². The number of nitrogens with one attached hydrogen (secondary N) is 1. The molecule has 0 bridgehead atoms. The molecule has 0 spiro atoms. The number of hydrogen-bond donors (Lipinski definition) is 1. The van der Waals surface area contributed by atoms with Crippen molar-refractivity contribution >= 4 is 0 Å². The molecule has 18 heavy (non-hydrogen) atoms. The van der Waals surface area contributed by atoms with Crippen LogP contribution in [0.5, 0.6) is 0 Å². The van der Waals surface area contributed by atoms with Gasteiger partial charge in [-0.25, -0.2) is 0 Å². The average Bonchev–Trinajstić information content (AvgIpc) is 2.78. The van der Waals surface area contributed by atoms with E-state index in [1.807, 2.05) is 0 Å². The van der Waals surface area contributed by atoms with E-state index in [4.69, 9.17) is 0 Å². The summed E-state index contributed by atoms with van der Waals surface area (Å²) in [4.78, 5) is 2.48. The summed E-state index contributed by atoms with van der Waals surface area (Å²) in [6, 6.07) is 0.763. The smallest absolute Gasteiger partial charge is 0.0327 e. The van der Waals surface area contributed by atoms with E-state index in [1.54, 1.807) is 0 Å². The maximum atomic E-state index is 3.91. The minimum Gasteiger partial charge on any atom is -0.312 e. The van der Waals surface area contributed by atoms with Crippen molar-refractivity contribution in [1.82, 2.24) is 10.2 Å². The number of rotatable bonds is 4. The van der Waals surface area contributed by atoms with Crippen LogP contribution in [0.4, 0.5) is 0 Å². The Bertz CT molecular complexity index is 256. The zero-order valence-electron chi connectivity index (χ0n) is 12.8. The summed E-state index contributed by atoms with van der Waals surface area (Å²) in [5, 5.41) is 3.91. The second-order valence-corrected chi connectivity index (χ2v) is 7.21. The monoisotopic (exact) mass is 252 g/mol. The predicted octanol–water partition coefficient (Wildman–Crippen LogP) is 3.28. The molecule has 0 heterocycles. The van der Waals surface area contributed by atoms with Crippen LogP contribution in [0.25, 0.3) is 0 Å². The fraction of sp³-hybridized carbons (Fsp3) is 1.00. The van der Waals surface area contributed by atoms with Crippen molar-refractivity contribution in [3.05, 3.63) is 0 Å². The maximum absolute atomic E-state index is 3.91. The van der Waals surface area contributed by atoms with Crippen LogP contribution in [0.2, 0.25) is 0 Å². The highest BCUT2D eigenvalue weighted by Gasteiger charge is 2.37. The molecule has 3 atom stereocenters. The van der Waals surface area contributed by atoms with Crippen molar-refractivity contribution in [2.24, 2.45) is 11.8 Å². The molecule has 0 aromatic rings. The number of likely N-dealkylation sites (N-methyl/N-ethyl adjacent to an activating group) is 1. The van der Waals surface area contributed by atoms with Gasteiger partial charge in [-0.2, -0.15) is 0 Å². The molecule has 2 saturated carbocycles. The van der Waals surface area contributed by atoms with E-state index in [2.05, 4.69) is 38.2 Å². The Morgan fingerprint density at radius 1 is 1.11 bits per heavy atom. The number of nitrogens with zero attached hydrogens (tertiary/aromatic N) is 1.